The molecule has 0 atom stereocenters. The Kier molecular flexibility index (Phi) is 3.74. The highest BCUT2D eigenvalue weighted by Gasteiger charge is 2.10. The Bertz CT molecular complexity index is 706. The molecule has 0 saturated carbocycles. The number of fused-ring (bicyclic) bond motifs is 1. The van der Waals surface area contributed by atoms with Gasteiger partial charge < -0.3 is 9.73 Å². The fraction of sp³-hybridized carbons (Fsp3) is 0.250. The van der Waals surface area contributed by atoms with Crippen molar-refractivity contribution in [2.45, 2.75) is 19.9 Å². The van der Waals surface area contributed by atoms with E-state index in [1.54, 1.807) is 12.5 Å². The number of hydrogen-bond acceptors (Lipinski definition) is 4. The molecule has 0 spiro atoms. The standard InChI is InChI=1S/C16H17N3O/c1-2-8-17-10-12-7-9-18-16(19-12)14-11-20-15-6-4-3-5-13(14)15/h3-7,9,11,17H,2,8,10H2,1H3. The number of nitrogens with zero attached hydrogens (tertiary/aromatic N) is 2. The molecule has 4 heteroatoms. The highest BCUT2D eigenvalue weighted by molar-refractivity contribution is 5.91. The molecule has 1 aromatic carbocycles. The van der Waals surface area contributed by atoms with E-state index in [-0.39, 0.29) is 0 Å². The van der Waals surface area contributed by atoms with E-state index in [1.807, 2.05) is 30.3 Å². The van der Waals surface area contributed by atoms with Gasteiger partial charge >= 0.3 is 0 Å². The Labute approximate surface area is 117 Å². The molecular weight excluding hydrogens is 250 g/mol. The van der Waals surface area contributed by atoms with Crippen LogP contribution in [-0.2, 0) is 6.54 Å². The van der Waals surface area contributed by atoms with Crippen LogP contribution in [0.25, 0.3) is 22.4 Å². The Morgan fingerprint density at radius 3 is 3.00 bits per heavy atom. The Balaban J connectivity index is 1.92. The molecule has 0 aliphatic carbocycles. The van der Waals surface area contributed by atoms with Gasteiger partial charge in [-0.1, -0.05) is 25.1 Å². The second-order valence-electron chi connectivity index (χ2n) is 4.69. The maximum Gasteiger partial charge on any atom is 0.163 e. The van der Waals surface area contributed by atoms with E-state index in [0.29, 0.717) is 5.82 Å². The second-order valence-corrected chi connectivity index (χ2v) is 4.69. The maximum atomic E-state index is 5.55. The molecule has 2 heterocycles. The van der Waals surface area contributed by atoms with Gasteiger partial charge in [0.2, 0.25) is 0 Å². The van der Waals surface area contributed by atoms with Crippen molar-refractivity contribution < 1.29 is 4.42 Å². The Morgan fingerprint density at radius 2 is 2.10 bits per heavy atom. The highest BCUT2D eigenvalue weighted by Crippen LogP contribution is 2.27. The van der Waals surface area contributed by atoms with E-state index < -0.39 is 0 Å². The van der Waals surface area contributed by atoms with Gasteiger partial charge in [-0.3, -0.25) is 0 Å². The predicted octanol–water partition coefficient (Wildman–Crippen LogP) is 3.39. The first-order valence-electron chi connectivity index (χ1n) is 6.87. The molecule has 0 aliphatic heterocycles. The largest absolute Gasteiger partial charge is 0.464 e. The molecule has 3 rings (SSSR count). The van der Waals surface area contributed by atoms with Crippen molar-refractivity contribution in [2.75, 3.05) is 6.54 Å². The lowest BCUT2D eigenvalue weighted by Gasteiger charge is -2.04. The van der Waals surface area contributed by atoms with Gasteiger partial charge in [-0.15, -0.1) is 0 Å². The van der Waals surface area contributed by atoms with Crippen LogP contribution in [0.3, 0.4) is 0 Å². The van der Waals surface area contributed by atoms with Gasteiger partial charge in [-0.2, -0.15) is 0 Å². The van der Waals surface area contributed by atoms with Crippen LogP contribution in [0.1, 0.15) is 19.0 Å². The van der Waals surface area contributed by atoms with Crippen molar-refractivity contribution in [2.24, 2.45) is 0 Å². The van der Waals surface area contributed by atoms with Crippen molar-refractivity contribution in [3.05, 3.63) is 48.5 Å². The first kappa shape index (κ1) is 12.8. The van der Waals surface area contributed by atoms with Crippen molar-refractivity contribution in [3.8, 4) is 11.4 Å². The van der Waals surface area contributed by atoms with Gasteiger partial charge in [0.15, 0.2) is 5.82 Å². The third-order valence-corrected chi connectivity index (χ3v) is 3.17. The SMILES string of the molecule is CCCNCc1ccnc(-c2coc3ccccc23)n1. The molecule has 0 saturated heterocycles. The summed E-state index contributed by atoms with van der Waals surface area (Å²) in [4.78, 5) is 8.96. The van der Waals surface area contributed by atoms with Crippen LogP contribution in [-0.4, -0.2) is 16.5 Å². The number of furan rings is 1. The van der Waals surface area contributed by atoms with Crippen LogP contribution in [0.4, 0.5) is 0 Å². The summed E-state index contributed by atoms with van der Waals surface area (Å²) >= 11 is 0. The first-order chi connectivity index (χ1) is 9.88. The number of hydrogen-bond donors (Lipinski definition) is 1. The van der Waals surface area contributed by atoms with E-state index in [9.17, 15) is 0 Å². The van der Waals surface area contributed by atoms with E-state index in [0.717, 1.165) is 41.7 Å². The maximum absolute atomic E-state index is 5.55. The number of benzene rings is 1. The summed E-state index contributed by atoms with van der Waals surface area (Å²) in [7, 11) is 0. The van der Waals surface area contributed by atoms with E-state index in [4.69, 9.17) is 4.42 Å². The van der Waals surface area contributed by atoms with E-state index in [2.05, 4.69) is 22.2 Å². The molecule has 0 bridgehead atoms. The third kappa shape index (κ3) is 2.56. The van der Waals surface area contributed by atoms with Crippen LogP contribution in [0, 0.1) is 0 Å². The molecule has 0 amide bonds. The molecule has 0 fully saturated rings. The van der Waals surface area contributed by atoms with Crippen LogP contribution >= 0.6 is 0 Å². The zero-order valence-electron chi connectivity index (χ0n) is 11.5. The molecule has 4 nitrogen and oxygen atoms in total. The summed E-state index contributed by atoms with van der Waals surface area (Å²) in [6.45, 7) is 3.91. The fourth-order valence-corrected chi connectivity index (χ4v) is 2.17. The zero-order chi connectivity index (χ0) is 13.8. The number of nitrogens with one attached hydrogen (secondary N) is 1. The first-order valence-corrected chi connectivity index (χ1v) is 6.87. The van der Waals surface area contributed by atoms with E-state index >= 15 is 0 Å². The number of rotatable bonds is 5. The van der Waals surface area contributed by atoms with Crippen molar-refractivity contribution in [3.63, 3.8) is 0 Å². The van der Waals surface area contributed by atoms with Crippen molar-refractivity contribution in [1.29, 1.82) is 0 Å². The number of para-hydroxylation sites is 1. The van der Waals surface area contributed by atoms with E-state index in [1.165, 1.54) is 0 Å². The minimum atomic E-state index is 0.714. The third-order valence-electron chi connectivity index (χ3n) is 3.17. The van der Waals surface area contributed by atoms with Gasteiger partial charge in [0.25, 0.3) is 0 Å². The summed E-state index contributed by atoms with van der Waals surface area (Å²) in [6, 6.07) is 9.87. The molecule has 0 unspecified atom stereocenters. The average molecular weight is 267 g/mol. The summed E-state index contributed by atoms with van der Waals surface area (Å²) in [5.74, 6) is 0.714. The minimum absolute atomic E-state index is 0.714. The summed E-state index contributed by atoms with van der Waals surface area (Å²) in [5, 5.41) is 4.39. The summed E-state index contributed by atoms with van der Waals surface area (Å²) < 4.78 is 5.55. The fourth-order valence-electron chi connectivity index (χ4n) is 2.17. The molecule has 0 aliphatic rings. The molecule has 3 aromatic rings. The Morgan fingerprint density at radius 1 is 1.20 bits per heavy atom. The second kappa shape index (κ2) is 5.84. The van der Waals surface area contributed by atoms with Crippen LogP contribution in [0.5, 0.6) is 0 Å². The topological polar surface area (TPSA) is 51.0 Å². The van der Waals surface area contributed by atoms with Crippen molar-refractivity contribution in [1.82, 2.24) is 15.3 Å². The van der Waals surface area contributed by atoms with Gasteiger partial charge in [0, 0.05) is 18.1 Å². The molecule has 20 heavy (non-hydrogen) atoms. The normalized spacial score (nSPS) is 11.1. The molecular formula is C16H17N3O. The minimum Gasteiger partial charge on any atom is -0.464 e. The lowest BCUT2D eigenvalue weighted by Crippen LogP contribution is -2.15. The van der Waals surface area contributed by atoms with Crippen molar-refractivity contribution >= 4 is 11.0 Å². The van der Waals surface area contributed by atoms with Gasteiger partial charge in [-0.25, -0.2) is 9.97 Å². The number of aromatic nitrogens is 2. The highest BCUT2D eigenvalue weighted by atomic mass is 16.3. The zero-order valence-corrected chi connectivity index (χ0v) is 11.5. The van der Waals surface area contributed by atoms with Gasteiger partial charge in [-0.05, 0) is 25.1 Å². The smallest absolute Gasteiger partial charge is 0.163 e. The van der Waals surface area contributed by atoms with Crippen LogP contribution < -0.4 is 5.32 Å². The van der Waals surface area contributed by atoms with Gasteiger partial charge in [0.1, 0.15) is 11.8 Å². The predicted molar refractivity (Wildman–Crippen MR) is 79.2 cm³/mol. The quantitative estimate of drug-likeness (QED) is 0.720. The molecule has 2 aromatic heterocycles. The lowest BCUT2D eigenvalue weighted by atomic mass is 10.1. The van der Waals surface area contributed by atoms with Gasteiger partial charge in [0.05, 0.1) is 11.3 Å². The average Bonchev–Trinajstić information content (AvgIpc) is 2.92. The molecule has 102 valence electrons. The van der Waals surface area contributed by atoms with Crippen LogP contribution in [0.2, 0.25) is 0 Å². The van der Waals surface area contributed by atoms with Crippen LogP contribution in [0.15, 0.2) is 47.2 Å². The Hall–Kier alpha value is -2.20. The lowest BCUT2D eigenvalue weighted by molar-refractivity contribution is 0.616. The molecule has 0 radical (unpaired) electrons. The summed E-state index contributed by atoms with van der Waals surface area (Å²) in [5.41, 5.74) is 2.80. The summed E-state index contributed by atoms with van der Waals surface area (Å²) in [6.07, 6.45) is 4.64. The monoisotopic (exact) mass is 267 g/mol. The molecule has 1 N–H and O–H groups in total.